The number of hydrogen-bond acceptors (Lipinski definition) is 3. The molecule has 0 aliphatic carbocycles. The van der Waals surface area contributed by atoms with Crippen LogP contribution in [-0.4, -0.2) is 17.4 Å². The Morgan fingerprint density at radius 3 is 2.88 bits per heavy atom. The van der Waals surface area contributed by atoms with Gasteiger partial charge in [0.2, 0.25) is 0 Å². The van der Waals surface area contributed by atoms with E-state index in [0.717, 1.165) is 17.8 Å². The molecule has 1 atom stereocenters. The third-order valence-electron chi connectivity index (χ3n) is 0.903. The minimum atomic E-state index is 0.185. The second kappa shape index (κ2) is 5.12. The molecule has 0 bridgehead atoms. The summed E-state index contributed by atoms with van der Waals surface area (Å²) in [5.74, 6) is 0.750. The van der Waals surface area contributed by atoms with Gasteiger partial charge < -0.3 is 5.73 Å². The predicted molar refractivity (Wildman–Crippen MR) is 37.5 cm³/mol. The molecule has 8 heavy (non-hydrogen) atoms. The fraction of sp³-hybridized carbons (Fsp3) is 0.800. The number of carbonyl (C=O) groups excluding carboxylic acids is 1. The van der Waals surface area contributed by atoms with E-state index in [9.17, 15) is 4.79 Å². The molecule has 0 aromatic carbocycles. The molecule has 0 fully saturated rings. The maximum atomic E-state index is 9.73. The third kappa shape index (κ3) is 4.15. The first-order chi connectivity index (χ1) is 3.81. The highest BCUT2D eigenvalue weighted by Gasteiger charge is 1.95. The van der Waals surface area contributed by atoms with E-state index in [4.69, 9.17) is 5.73 Å². The minimum Gasteiger partial charge on any atom is -0.327 e. The van der Waals surface area contributed by atoms with Gasteiger partial charge in [0.15, 0.2) is 5.62 Å². The molecule has 0 aliphatic rings. The lowest BCUT2D eigenvalue weighted by atomic mass is 10.3. The lowest BCUT2D eigenvalue weighted by Crippen LogP contribution is -2.21. The Morgan fingerprint density at radius 1 is 1.88 bits per heavy atom. The van der Waals surface area contributed by atoms with Gasteiger partial charge in [0.05, 0.1) is 0 Å². The van der Waals surface area contributed by atoms with Crippen LogP contribution in [-0.2, 0) is 4.79 Å². The summed E-state index contributed by atoms with van der Waals surface area (Å²) in [4.78, 5) is 9.73. The van der Waals surface area contributed by atoms with E-state index in [1.54, 1.807) is 0 Å². The van der Waals surface area contributed by atoms with Crippen LogP contribution in [0.1, 0.15) is 13.3 Å². The Hall–Kier alpha value is -0.0200. The molecule has 0 heterocycles. The molecular formula is C5H11NOS. The second-order valence-electron chi connectivity index (χ2n) is 1.60. The van der Waals surface area contributed by atoms with Crippen molar-refractivity contribution in [2.24, 2.45) is 5.73 Å². The normalized spacial score (nSPS) is 13.2. The summed E-state index contributed by atoms with van der Waals surface area (Å²) in [5, 5.41) is 0. The van der Waals surface area contributed by atoms with Gasteiger partial charge in [-0.1, -0.05) is 18.7 Å². The van der Waals surface area contributed by atoms with Gasteiger partial charge in [-0.25, -0.2) is 0 Å². The van der Waals surface area contributed by atoms with Crippen LogP contribution in [0.15, 0.2) is 0 Å². The minimum absolute atomic E-state index is 0.185. The van der Waals surface area contributed by atoms with Crippen LogP contribution in [0.25, 0.3) is 0 Å². The zero-order chi connectivity index (χ0) is 6.41. The van der Waals surface area contributed by atoms with Crippen LogP contribution in [0.3, 0.4) is 0 Å². The average molecular weight is 133 g/mol. The van der Waals surface area contributed by atoms with E-state index in [0.29, 0.717) is 0 Å². The Labute approximate surface area is 53.8 Å². The van der Waals surface area contributed by atoms with Crippen molar-refractivity contribution < 1.29 is 4.79 Å². The van der Waals surface area contributed by atoms with Gasteiger partial charge in [0.25, 0.3) is 0 Å². The quantitative estimate of drug-likeness (QED) is 0.572. The Bertz CT molecular complexity index is 67.4. The monoisotopic (exact) mass is 133 g/mol. The maximum Gasteiger partial charge on any atom is 0.176 e. The zero-order valence-corrected chi connectivity index (χ0v) is 5.78. The lowest BCUT2D eigenvalue weighted by molar-refractivity contribution is 0.569. The standard InChI is InChI=1S/C5H11NOS/c1-2-5(6)3-8-4-7/h4-5H,2-3,6H2,1H3. The molecule has 1 unspecified atom stereocenters. The van der Waals surface area contributed by atoms with Crippen molar-refractivity contribution in [3.05, 3.63) is 0 Å². The molecule has 0 radical (unpaired) electrons. The van der Waals surface area contributed by atoms with E-state index in [-0.39, 0.29) is 6.04 Å². The van der Waals surface area contributed by atoms with Crippen LogP contribution in [0, 0.1) is 0 Å². The Morgan fingerprint density at radius 2 is 2.50 bits per heavy atom. The fourth-order valence-electron chi connectivity index (χ4n) is 0.281. The van der Waals surface area contributed by atoms with Gasteiger partial charge in [-0.05, 0) is 6.42 Å². The molecular weight excluding hydrogens is 122 g/mol. The van der Waals surface area contributed by atoms with Crippen LogP contribution >= 0.6 is 11.8 Å². The number of rotatable bonds is 4. The van der Waals surface area contributed by atoms with Gasteiger partial charge in [-0.3, -0.25) is 4.79 Å². The maximum absolute atomic E-state index is 9.73. The van der Waals surface area contributed by atoms with Crippen molar-refractivity contribution in [3.63, 3.8) is 0 Å². The molecule has 0 rings (SSSR count). The first-order valence-corrected chi connectivity index (χ1v) is 3.67. The average Bonchev–Trinajstić information content (AvgIpc) is 1.83. The third-order valence-corrected chi connectivity index (χ3v) is 1.66. The number of carbonyl (C=O) groups is 1. The van der Waals surface area contributed by atoms with E-state index >= 15 is 0 Å². The van der Waals surface area contributed by atoms with Gasteiger partial charge in [-0.15, -0.1) is 0 Å². The molecule has 48 valence electrons. The van der Waals surface area contributed by atoms with Crippen molar-refractivity contribution in [1.29, 1.82) is 0 Å². The molecule has 0 amide bonds. The molecule has 2 nitrogen and oxygen atoms in total. The van der Waals surface area contributed by atoms with Crippen molar-refractivity contribution in [2.45, 2.75) is 19.4 Å². The first kappa shape index (κ1) is 7.98. The lowest BCUT2D eigenvalue weighted by Gasteiger charge is -2.02. The fourth-order valence-corrected chi connectivity index (χ4v) is 0.842. The molecule has 0 aromatic heterocycles. The highest BCUT2D eigenvalue weighted by atomic mass is 32.2. The summed E-state index contributed by atoms with van der Waals surface area (Å²) in [6.07, 6.45) is 0.945. The smallest absolute Gasteiger partial charge is 0.176 e. The number of nitrogens with two attached hydrogens (primary N) is 1. The second-order valence-corrected chi connectivity index (χ2v) is 2.46. The number of thioether (sulfide) groups is 1. The van der Waals surface area contributed by atoms with Gasteiger partial charge in [-0.2, -0.15) is 0 Å². The van der Waals surface area contributed by atoms with Crippen LogP contribution in [0.5, 0.6) is 0 Å². The van der Waals surface area contributed by atoms with Gasteiger partial charge >= 0.3 is 0 Å². The largest absolute Gasteiger partial charge is 0.327 e. The van der Waals surface area contributed by atoms with Crippen molar-refractivity contribution in [3.8, 4) is 0 Å². The zero-order valence-electron chi connectivity index (χ0n) is 4.96. The summed E-state index contributed by atoms with van der Waals surface area (Å²) < 4.78 is 0. The molecule has 0 aromatic rings. The highest BCUT2D eigenvalue weighted by molar-refractivity contribution is 8.11. The predicted octanol–water partition coefficient (Wildman–Crippen LogP) is 0.647. The first-order valence-electron chi connectivity index (χ1n) is 2.62. The van der Waals surface area contributed by atoms with Crippen molar-refractivity contribution >= 4 is 17.4 Å². The Kier molecular flexibility index (Phi) is 5.11. The van der Waals surface area contributed by atoms with Gasteiger partial charge in [0.1, 0.15) is 0 Å². The number of hydrogen-bond donors (Lipinski definition) is 1. The molecule has 3 heteroatoms. The van der Waals surface area contributed by atoms with Crippen LogP contribution in [0.2, 0.25) is 0 Å². The summed E-state index contributed by atoms with van der Waals surface area (Å²) >= 11 is 1.24. The SMILES string of the molecule is CCC(N)CSC=O. The molecule has 0 spiro atoms. The van der Waals surface area contributed by atoms with Crippen molar-refractivity contribution in [1.82, 2.24) is 0 Å². The van der Waals surface area contributed by atoms with Gasteiger partial charge in [0, 0.05) is 11.8 Å². The van der Waals surface area contributed by atoms with Crippen LogP contribution < -0.4 is 5.73 Å². The topological polar surface area (TPSA) is 43.1 Å². The molecule has 0 saturated carbocycles. The highest BCUT2D eigenvalue weighted by Crippen LogP contribution is 1.97. The summed E-state index contributed by atoms with van der Waals surface area (Å²) in [7, 11) is 0. The molecule has 0 aliphatic heterocycles. The van der Waals surface area contributed by atoms with Crippen molar-refractivity contribution in [2.75, 3.05) is 5.75 Å². The summed E-state index contributed by atoms with van der Waals surface area (Å²) in [6.45, 7) is 2.01. The van der Waals surface area contributed by atoms with E-state index in [2.05, 4.69) is 0 Å². The molecule has 2 N–H and O–H groups in total. The Balaban J connectivity index is 2.97. The van der Waals surface area contributed by atoms with E-state index in [1.165, 1.54) is 11.8 Å². The molecule has 0 saturated heterocycles. The van der Waals surface area contributed by atoms with E-state index in [1.807, 2.05) is 6.92 Å². The van der Waals surface area contributed by atoms with E-state index < -0.39 is 0 Å². The summed E-state index contributed by atoms with van der Waals surface area (Å²) in [6, 6.07) is 0.185. The summed E-state index contributed by atoms with van der Waals surface area (Å²) in [5.41, 5.74) is 6.31. The van der Waals surface area contributed by atoms with Crippen LogP contribution in [0.4, 0.5) is 0 Å².